The van der Waals surface area contributed by atoms with E-state index in [1.807, 2.05) is 37.3 Å². The van der Waals surface area contributed by atoms with Crippen LogP contribution in [0.15, 0.2) is 59.6 Å². The Morgan fingerprint density at radius 1 is 1.19 bits per heavy atom. The lowest BCUT2D eigenvalue weighted by Crippen LogP contribution is -2.38. The number of anilines is 2. The molecule has 1 N–H and O–H groups in total. The normalized spacial score (nSPS) is 16.9. The number of nitrogens with one attached hydrogen (secondary N) is 1. The largest absolute Gasteiger partial charge is 0.416 e. The molecule has 3 rings (SSSR count). The Hall–Kier alpha value is -2.06. The van der Waals surface area contributed by atoms with E-state index in [4.69, 9.17) is 12.2 Å². The van der Waals surface area contributed by atoms with Crippen molar-refractivity contribution in [2.24, 2.45) is 4.99 Å². The van der Waals surface area contributed by atoms with E-state index < -0.39 is 11.7 Å². The molecule has 2 aromatic rings. The van der Waals surface area contributed by atoms with E-state index in [9.17, 15) is 13.2 Å². The lowest BCUT2D eigenvalue weighted by molar-refractivity contribution is -0.137. The lowest BCUT2D eigenvalue weighted by atomic mass is 10.2. The molecule has 0 radical (unpaired) electrons. The number of thioether (sulfide) groups is 1. The third-order valence-corrected chi connectivity index (χ3v) is 5.00. The van der Waals surface area contributed by atoms with Crippen LogP contribution < -0.4 is 10.2 Å². The number of halogens is 3. The van der Waals surface area contributed by atoms with Crippen molar-refractivity contribution in [1.82, 2.24) is 0 Å². The van der Waals surface area contributed by atoms with Crippen LogP contribution in [0.1, 0.15) is 12.5 Å². The van der Waals surface area contributed by atoms with Gasteiger partial charge in [-0.1, -0.05) is 43.0 Å². The van der Waals surface area contributed by atoms with Crippen molar-refractivity contribution in [1.29, 1.82) is 0 Å². The number of hydrogen-bond acceptors (Lipinski definition) is 3. The molecule has 1 atom stereocenters. The fourth-order valence-electron chi connectivity index (χ4n) is 2.42. The van der Waals surface area contributed by atoms with Gasteiger partial charge < -0.3 is 5.32 Å². The van der Waals surface area contributed by atoms with E-state index in [-0.39, 0.29) is 10.4 Å². The summed E-state index contributed by atoms with van der Waals surface area (Å²) in [7, 11) is 0. The lowest BCUT2D eigenvalue weighted by Gasteiger charge is -2.26. The second-order valence-corrected chi connectivity index (χ2v) is 7.52. The Labute approximate surface area is 159 Å². The minimum atomic E-state index is -4.42. The quantitative estimate of drug-likeness (QED) is 0.689. The van der Waals surface area contributed by atoms with E-state index >= 15 is 0 Å². The van der Waals surface area contributed by atoms with E-state index in [1.165, 1.54) is 17.8 Å². The first-order chi connectivity index (χ1) is 12.3. The Morgan fingerprint density at radius 3 is 2.54 bits per heavy atom. The highest BCUT2D eigenvalue weighted by Gasteiger charge is 2.32. The number of rotatable bonds is 2. The topological polar surface area (TPSA) is 27.6 Å². The number of alkyl halides is 3. The van der Waals surface area contributed by atoms with Crippen LogP contribution in [0.25, 0.3) is 0 Å². The van der Waals surface area contributed by atoms with Gasteiger partial charge in [0.2, 0.25) is 0 Å². The molecule has 0 unspecified atom stereocenters. The Kier molecular flexibility index (Phi) is 5.52. The zero-order valence-electron chi connectivity index (χ0n) is 13.8. The number of aliphatic imine (C=N–C) groups is 1. The minimum Gasteiger partial charge on any atom is -0.332 e. The van der Waals surface area contributed by atoms with Gasteiger partial charge in [-0.15, -0.1) is 0 Å². The molecular weight excluding hydrogens is 379 g/mol. The van der Waals surface area contributed by atoms with Gasteiger partial charge in [0.1, 0.15) is 0 Å². The van der Waals surface area contributed by atoms with Crippen LogP contribution in [-0.2, 0) is 6.18 Å². The number of benzene rings is 2. The first-order valence-corrected chi connectivity index (χ1v) is 9.18. The molecule has 136 valence electrons. The Balaban J connectivity index is 1.95. The average molecular weight is 395 g/mol. The van der Waals surface area contributed by atoms with Crippen LogP contribution in [0, 0.1) is 0 Å². The van der Waals surface area contributed by atoms with Gasteiger partial charge in [-0.05, 0) is 42.5 Å². The average Bonchev–Trinajstić information content (AvgIpc) is 3.01. The molecule has 0 aromatic heterocycles. The molecule has 8 heteroatoms. The van der Waals surface area contributed by atoms with Gasteiger partial charge in [0.15, 0.2) is 10.3 Å². The predicted molar refractivity (Wildman–Crippen MR) is 106 cm³/mol. The van der Waals surface area contributed by atoms with Crippen LogP contribution in [-0.4, -0.2) is 22.1 Å². The number of amidine groups is 1. The number of para-hydroxylation sites is 1. The predicted octanol–water partition coefficient (Wildman–Crippen LogP) is 5.40. The molecule has 0 bridgehead atoms. The molecule has 2 aromatic carbocycles. The van der Waals surface area contributed by atoms with Crippen molar-refractivity contribution < 1.29 is 13.2 Å². The van der Waals surface area contributed by atoms with Gasteiger partial charge in [-0.3, -0.25) is 9.89 Å². The summed E-state index contributed by atoms with van der Waals surface area (Å²) in [4.78, 5) is 6.01. The Morgan fingerprint density at radius 2 is 1.92 bits per heavy atom. The summed E-state index contributed by atoms with van der Waals surface area (Å²) < 4.78 is 39.3. The summed E-state index contributed by atoms with van der Waals surface area (Å²) >= 11 is 6.98. The third kappa shape index (κ3) is 4.37. The van der Waals surface area contributed by atoms with Crippen LogP contribution in [0.4, 0.5) is 24.5 Å². The van der Waals surface area contributed by atoms with Crippen molar-refractivity contribution >= 4 is 45.6 Å². The summed E-state index contributed by atoms with van der Waals surface area (Å²) in [5.41, 5.74) is 0.360. The number of hydrogen-bond donors (Lipinski definition) is 1. The van der Waals surface area contributed by atoms with Crippen molar-refractivity contribution in [3.63, 3.8) is 0 Å². The highest BCUT2D eigenvalue weighted by atomic mass is 32.2. The molecule has 26 heavy (non-hydrogen) atoms. The maximum Gasteiger partial charge on any atom is 0.416 e. The fourth-order valence-corrected chi connectivity index (χ4v) is 3.75. The van der Waals surface area contributed by atoms with Gasteiger partial charge >= 0.3 is 6.18 Å². The Bertz CT molecular complexity index is 822. The van der Waals surface area contributed by atoms with Crippen molar-refractivity contribution in [2.45, 2.75) is 18.3 Å². The summed E-state index contributed by atoms with van der Waals surface area (Å²) in [6, 6.07) is 14.4. The summed E-state index contributed by atoms with van der Waals surface area (Å²) in [5, 5.41) is 4.18. The second-order valence-electron chi connectivity index (χ2n) is 5.73. The fraction of sp³-hybridized carbons (Fsp3) is 0.222. The second kappa shape index (κ2) is 7.67. The molecule has 3 nitrogen and oxygen atoms in total. The summed E-state index contributed by atoms with van der Waals surface area (Å²) in [5.74, 6) is 0. The standard InChI is InChI=1S/C18H16F3N3S2/c1-12-11-22-17(26-12)24(16(25)23-14-7-3-2-4-8-14)15-9-5-6-13(10-15)18(19,20)21/h2-10,12H,11H2,1H3,(H,23,25)/t12-/m1/s1. The van der Waals surface area contributed by atoms with Crippen molar-refractivity contribution in [3.05, 3.63) is 60.2 Å². The van der Waals surface area contributed by atoms with Crippen molar-refractivity contribution in [3.8, 4) is 0 Å². The molecule has 0 aliphatic carbocycles. The van der Waals surface area contributed by atoms with Gasteiger partial charge in [-0.2, -0.15) is 13.2 Å². The molecule has 0 fully saturated rings. The molecule has 0 amide bonds. The van der Waals surface area contributed by atoms with Crippen molar-refractivity contribution in [2.75, 3.05) is 16.8 Å². The van der Waals surface area contributed by atoms with Crippen LogP contribution >= 0.6 is 24.0 Å². The highest BCUT2D eigenvalue weighted by Crippen LogP contribution is 2.34. The van der Waals surface area contributed by atoms with E-state index in [1.54, 1.807) is 11.0 Å². The molecule has 0 saturated heterocycles. The smallest absolute Gasteiger partial charge is 0.332 e. The maximum absolute atomic E-state index is 13.1. The molecule has 1 aliphatic rings. The molecule has 1 aliphatic heterocycles. The van der Waals surface area contributed by atoms with Gasteiger partial charge in [0.05, 0.1) is 17.8 Å². The molecule has 0 spiro atoms. The zero-order chi connectivity index (χ0) is 18.7. The minimum absolute atomic E-state index is 0.248. The van der Waals surface area contributed by atoms with E-state index in [0.717, 1.165) is 17.8 Å². The van der Waals surface area contributed by atoms with Gasteiger partial charge in [-0.25, -0.2) is 0 Å². The summed E-state index contributed by atoms with van der Waals surface area (Å²) in [6.45, 7) is 2.61. The molecule has 0 saturated carbocycles. The van der Waals surface area contributed by atoms with E-state index in [0.29, 0.717) is 17.4 Å². The summed E-state index contributed by atoms with van der Waals surface area (Å²) in [6.07, 6.45) is -4.42. The highest BCUT2D eigenvalue weighted by molar-refractivity contribution is 8.15. The first-order valence-electron chi connectivity index (χ1n) is 7.89. The first kappa shape index (κ1) is 18.7. The third-order valence-electron chi connectivity index (χ3n) is 3.64. The van der Waals surface area contributed by atoms with Gasteiger partial charge in [0, 0.05) is 10.9 Å². The van der Waals surface area contributed by atoms with Crippen LogP contribution in [0.3, 0.4) is 0 Å². The monoisotopic (exact) mass is 395 g/mol. The van der Waals surface area contributed by atoms with Crippen LogP contribution in [0.2, 0.25) is 0 Å². The van der Waals surface area contributed by atoms with E-state index in [2.05, 4.69) is 10.3 Å². The van der Waals surface area contributed by atoms with Crippen LogP contribution in [0.5, 0.6) is 0 Å². The van der Waals surface area contributed by atoms with Gasteiger partial charge in [0.25, 0.3) is 0 Å². The molecule has 1 heterocycles. The zero-order valence-corrected chi connectivity index (χ0v) is 15.5. The number of nitrogens with zero attached hydrogens (tertiary/aromatic N) is 2. The maximum atomic E-state index is 13.1. The number of thiocarbonyl (C=S) groups is 1. The SMILES string of the molecule is C[C@@H]1CN=C(N(C(=S)Nc2ccccc2)c2cccc(C(F)(F)F)c2)S1. The molecular formula is C18H16F3N3S2.